The normalized spacial score (nSPS) is 16.1. The molecule has 0 radical (unpaired) electrons. The number of carboxylic acid groups (broad SMARTS) is 1. The largest absolute Gasteiger partial charge is 0.489 e. The van der Waals surface area contributed by atoms with Crippen molar-refractivity contribution in [2.24, 2.45) is 0 Å². The van der Waals surface area contributed by atoms with Gasteiger partial charge in [-0.2, -0.15) is 0 Å². The molecule has 0 saturated heterocycles. The molecule has 1 atom stereocenters. The summed E-state index contributed by atoms with van der Waals surface area (Å²) in [5.74, 6) is 0.0928. The smallest absolute Gasteiger partial charge is 0.339 e. The Kier molecular flexibility index (Phi) is 3.71. The van der Waals surface area contributed by atoms with Gasteiger partial charge in [0.05, 0.1) is 0 Å². The SMILES string of the molecule is O=C(O)c1cc(Cl)ccc1OCC1Cc2ccccc2O1. The highest BCUT2D eigenvalue weighted by molar-refractivity contribution is 6.31. The van der Waals surface area contributed by atoms with E-state index in [2.05, 4.69) is 0 Å². The number of halogens is 1. The van der Waals surface area contributed by atoms with E-state index in [9.17, 15) is 4.79 Å². The van der Waals surface area contributed by atoms with Crippen molar-refractivity contribution in [3.05, 3.63) is 58.6 Å². The van der Waals surface area contributed by atoms with E-state index in [-0.39, 0.29) is 18.3 Å². The van der Waals surface area contributed by atoms with Gasteiger partial charge in [-0.05, 0) is 29.8 Å². The lowest BCUT2D eigenvalue weighted by atomic mass is 10.1. The number of benzene rings is 2. The number of para-hydroxylation sites is 1. The molecule has 0 aromatic heterocycles. The Morgan fingerprint density at radius 3 is 2.90 bits per heavy atom. The van der Waals surface area contributed by atoms with Crippen LogP contribution in [0.15, 0.2) is 42.5 Å². The van der Waals surface area contributed by atoms with E-state index in [1.807, 2.05) is 24.3 Å². The van der Waals surface area contributed by atoms with Crippen LogP contribution in [-0.4, -0.2) is 23.8 Å². The number of fused-ring (bicyclic) bond motifs is 1. The van der Waals surface area contributed by atoms with Crippen molar-refractivity contribution in [2.45, 2.75) is 12.5 Å². The molecule has 3 rings (SSSR count). The maximum absolute atomic E-state index is 11.2. The first-order valence-electron chi connectivity index (χ1n) is 6.53. The molecule has 0 aliphatic carbocycles. The van der Waals surface area contributed by atoms with E-state index in [1.165, 1.54) is 6.07 Å². The summed E-state index contributed by atoms with van der Waals surface area (Å²) in [5.41, 5.74) is 1.19. The molecule has 0 bridgehead atoms. The third-order valence-electron chi connectivity index (χ3n) is 3.31. The van der Waals surface area contributed by atoms with Gasteiger partial charge in [0, 0.05) is 11.4 Å². The van der Waals surface area contributed by atoms with Gasteiger partial charge >= 0.3 is 5.97 Å². The van der Waals surface area contributed by atoms with Crippen LogP contribution in [0.4, 0.5) is 0 Å². The van der Waals surface area contributed by atoms with Crippen LogP contribution in [0.5, 0.6) is 11.5 Å². The lowest BCUT2D eigenvalue weighted by molar-refractivity contribution is 0.0688. The van der Waals surface area contributed by atoms with E-state index in [4.69, 9.17) is 26.2 Å². The van der Waals surface area contributed by atoms with Crippen molar-refractivity contribution in [1.82, 2.24) is 0 Å². The number of aromatic carboxylic acids is 1. The Hall–Kier alpha value is -2.20. The molecule has 21 heavy (non-hydrogen) atoms. The zero-order valence-corrected chi connectivity index (χ0v) is 11.8. The number of ether oxygens (including phenoxy) is 2. The third-order valence-corrected chi connectivity index (χ3v) is 3.55. The number of carboxylic acids is 1. The summed E-state index contributed by atoms with van der Waals surface area (Å²) in [7, 11) is 0. The van der Waals surface area contributed by atoms with Gasteiger partial charge in [-0.3, -0.25) is 0 Å². The predicted octanol–water partition coefficient (Wildman–Crippen LogP) is 3.42. The molecule has 0 fully saturated rings. The summed E-state index contributed by atoms with van der Waals surface area (Å²) in [4.78, 5) is 11.2. The van der Waals surface area contributed by atoms with Gasteiger partial charge in [0.25, 0.3) is 0 Å². The maximum atomic E-state index is 11.2. The van der Waals surface area contributed by atoms with Gasteiger partial charge in [0.2, 0.25) is 0 Å². The third kappa shape index (κ3) is 2.95. The van der Waals surface area contributed by atoms with Crippen LogP contribution in [0, 0.1) is 0 Å². The highest BCUT2D eigenvalue weighted by Crippen LogP contribution is 2.29. The summed E-state index contributed by atoms with van der Waals surface area (Å²) >= 11 is 5.81. The molecule has 1 unspecified atom stereocenters. The Balaban J connectivity index is 1.68. The summed E-state index contributed by atoms with van der Waals surface area (Å²) in [5, 5.41) is 9.52. The highest BCUT2D eigenvalue weighted by atomic mass is 35.5. The van der Waals surface area contributed by atoms with Crippen LogP contribution in [0.25, 0.3) is 0 Å². The topological polar surface area (TPSA) is 55.8 Å². The minimum Gasteiger partial charge on any atom is -0.489 e. The first-order valence-corrected chi connectivity index (χ1v) is 6.91. The molecule has 0 saturated carbocycles. The van der Waals surface area contributed by atoms with Gasteiger partial charge in [-0.1, -0.05) is 29.8 Å². The lowest BCUT2D eigenvalue weighted by Crippen LogP contribution is -2.23. The molecule has 4 nitrogen and oxygen atoms in total. The molecule has 0 amide bonds. The first kappa shape index (κ1) is 13.8. The Morgan fingerprint density at radius 2 is 2.14 bits per heavy atom. The Morgan fingerprint density at radius 1 is 1.33 bits per heavy atom. The summed E-state index contributed by atoms with van der Waals surface area (Å²) in [6, 6.07) is 12.4. The van der Waals surface area contributed by atoms with Crippen LogP contribution in [0.3, 0.4) is 0 Å². The standard InChI is InChI=1S/C16H13ClO4/c17-11-5-6-15(13(8-11)16(18)19)20-9-12-7-10-3-1-2-4-14(10)21-12/h1-6,8,12H,7,9H2,(H,18,19). The van der Waals surface area contributed by atoms with Crippen molar-refractivity contribution in [2.75, 3.05) is 6.61 Å². The number of hydrogen-bond acceptors (Lipinski definition) is 3. The molecule has 1 aliphatic heterocycles. The number of carbonyl (C=O) groups is 1. The molecule has 108 valence electrons. The van der Waals surface area contributed by atoms with Crippen LogP contribution >= 0.6 is 11.6 Å². The van der Waals surface area contributed by atoms with Gasteiger partial charge in [-0.15, -0.1) is 0 Å². The van der Waals surface area contributed by atoms with Gasteiger partial charge < -0.3 is 14.6 Å². The van der Waals surface area contributed by atoms with Crippen LogP contribution in [0.2, 0.25) is 5.02 Å². The molecular weight excluding hydrogens is 292 g/mol. The second kappa shape index (κ2) is 5.66. The van der Waals surface area contributed by atoms with Crippen molar-refractivity contribution in [3.63, 3.8) is 0 Å². The van der Waals surface area contributed by atoms with E-state index >= 15 is 0 Å². The second-order valence-corrected chi connectivity index (χ2v) is 5.24. The maximum Gasteiger partial charge on any atom is 0.339 e. The fraction of sp³-hybridized carbons (Fsp3) is 0.188. The molecule has 1 N–H and O–H groups in total. The van der Waals surface area contributed by atoms with Crippen molar-refractivity contribution < 1.29 is 19.4 Å². The zero-order valence-electron chi connectivity index (χ0n) is 11.1. The Bertz CT molecular complexity index is 659. The van der Waals surface area contributed by atoms with Crippen molar-refractivity contribution in [1.29, 1.82) is 0 Å². The van der Waals surface area contributed by atoms with Crippen LogP contribution in [0.1, 0.15) is 15.9 Å². The molecule has 0 spiro atoms. The van der Waals surface area contributed by atoms with Gasteiger partial charge in [0.1, 0.15) is 29.8 Å². The fourth-order valence-electron chi connectivity index (χ4n) is 2.32. The molecule has 2 aromatic carbocycles. The molecule has 1 aliphatic rings. The molecule has 2 aromatic rings. The monoisotopic (exact) mass is 304 g/mol. The van der Waals surface area contributed by atoms with E-state index in [1.54, 1.807) is 12.1 Å². The summed E-state index contributed by atoms with van der Waals surface area (Å²) in [6.07, 6.45) is 0.645. The quantitative estimate of drug-likeness (QED) is 0.940. The van der Waals surface area contributed by atoms with Crippen LogP contribution in [-0.2, 0) is 6.42 Å². The minimum absolute atomic E-state index is 0.0537. The average Bonchev–Trinajstić information content (AvgIpc) is 2.88. The second-order valence-electron chi connectivity index (χ2n) is 4.81. The molecule has 1 heterocycles. The number of rotatable bonds is 4. The lowest BCUT2D eigenvalue weighted by Gasteiger charge is -2.14. The predicted molar refractivity (Wildman–Crippen MR) is 78.5 cm³/mol. The summed E-state index contributed by atoms with van der Waals surface area (Å²) < 4.78 is 11.4. The van der Waals surface area contributed by atoms with Crippen LogP contribution < -0.4 is 9.47 Å². The highest BCUT2D eigenvalue weighted by Gasteiger charge is 2.23. The van der Waals surface area contributed by atoms with Gasteiger partial charge in [-0.25, -0.2) is 4.79 Å². The van der Waals surface area contributed by atoms with Gasteiger partial charge in [0.15, 0.2) is 0 Å². The van der Waals surface area contributed by atoms with E-state index in [0.717, 1.165) is 17.7 Å². The van der Waals surface area contributed by atoms with Crippen molar-refractivity contribution >= 4 is 17.6 Å². The number of hydrogen-bond donors (Lipinski definition) is 1. The minimum atomic E-state index is -1.07. The first-order chi connectivity index (χ1) is 10.1. The van der Waals surface area contributed by atoms with Crippen molar-refractivity contribution in [3.8, 4) is 11.5 Å². The summed E-state index contributed by atoms with van der Waals surface area (Å²) in [6.45, 7) is 0.288. The fourth-order valence-corrected chi connectivity index (χ4v) is 2.50. The molecule has 5 heteroatoms. The van der Waals surface area contributed by atoms with E-state index < -0.39 is 5.97 Å². The Labute approximate surface area is 126 Å². The average molecular weight is 305 g/mol. The van der Waals surface area contributed by atoms with E-state index in [0.29, 0.717) is 10.8 Å². The zero-order chi connectivity index (χ0) is 14.8. The molecular formula is C16H13ClO4.